The Morgan fingerprint density at radius 2 is 1.75 bits per heavy atom. The van der Waals surface area contributed by atoms with Gasteiger partial charge in [-0.25, -0.2) is 0 Å². The number of aliphatic hydroxyl groups excluding tert-OH is 2. The molecular formula is C6H8O6. The first kappa shape index (κ1) is 8.69. The zero-order valence-electron chi connectivity index (χ0n) is 5.93. The van der Waals surface area contributed by atoms with Crippen LogP contribution >= 0.6 is 0 Å². The maximum absolute atomic E-state index is 8.95. The first-order valence-electron chi connectivity index (χ1n) is 3.10. The van der Waals surface area contributed by atoms with E-state index >= 15 is 0 Å². The molecule has 5 N–H and O–H groups in total. The Morgan fingerprint density at radius 3 is 2.08 bits per heavy atom. The molecule has 6 heteroatoms. The molecule has 0 spiro atoms. The van der Waals surface area contributed by atoms with Crippen molar-refractivity contribution in [2.45, 2.75) is 6.10 Å². The highest BCUT2D eigenvalue weighted by molar-refractivity contribution is 5.47. The lowest BCUT2D eigenvalue weighted by atomic mass is 10.2. The van der Waals surface area contributed by atoms with Gasteiger partial charge in [0.2, 0.25) is 11.5 Å². The molecule has 0 aliphatic rings. The van der Waals surface area contributed by atoms with Gasteiger partial charge >= 0.3 is 5.95 Å². The maximum Gasteiger partial charge on any atom is 0.330 e. The van der Waals surface area contributed by atoms with Gasteiger partial charge in [-0.3, -0.25) is 0 Å². The fourth-order valence-electron chi connectivity index (χ4n) is 0.728. The van der Waals surface area contributed by atoms with Gasteiger partial charge in [-0.1, -0.05) is 0 Å². The molecule has 1 aromatic rings. The highest BCUT2D eigenvalue weighted by Crippen LogP contribution is 2.42. The van der Waals surface area contributed by atoms with E-state index in [0.29, 0.717) is 0 Å². The van der Waals surface area contributed by atoms with E-state index in [1.807, 2.05) is 0 Å². The van der Waals surface area contributed by atoms with Crippen LogP contribution in [-0.4, -0.2) is 32.1 Å². The van der Waals surface area contributed by atoms with Gasteiger partial charge in [0.1, 0.15) is 6.10 Å². The lowest BCUT2D eigenvalue weighted by Crippen LogP contribution is -2.00. The van der Waals surface area contributed by atoms with Crippen LogP contribution in [0.25, 0.3) is 0 Å². The molecule has 0 unspecified atom stereocenters. The SMILES string of the molecule is OC[C@@H](O)c1oc(O)c(O)c1O. The fourth-order valence-corrected chi connectivity index (χ4v) is 0.728. The Kier molecular flexibility index (Phi) is 2.11. The summed E-state index contributed by atoms with van der Waals surface area (Å²) >= 11 is 0. The summed E-state index contributed by atoms with van der Waals surface area (Å²) in [7, 11) is 0. The maximum atomic E-state index is 8.95. The zero-order valence-corrected chi connectivity index (χ0v) is 5.93. The Morgan fingerprint density at radius 1 is 1.17 bits per heavy atom. The molecule has 1 heterocycles. The molecule has 1 rings (SSSR count). The number of rotatable bonds is 2. The molecule has 0 radical (unpaired) electrons. The molecule has 0 aliphatic heterocycles. The number of aliphatic hydroxyl groups is 2. The van der Waals surface area contributed by atoms with Crippen LogP contribution in [0.1, 0.15) is 11.9 Å². The Hall–Kier alpha value is -1.40. The minimum absolute atomic E-state index is 0.465. The molecule has 0 saturated carbocycles. The third kappa shape index (κ3) is 1.17. The Labute approximate surface area is 66.9 Å². The lowest BCUT2D eigenvalue weighted by molar-refractivity contribution is 0.0719. The van der Waals surface area contributed by atoms with Crippen LogP contribution in [0.15, 0.2) is 4.42 Å². The van der Waals surface area contributed by atoms with Crippen molar-refractivity contribution in [3.63, 3.8) is 0 Å². The van der Waals surface area contributed by atoms with E-state index in [9.17, 15) is 0 Å². The molecule has 0 fully saturated rings. The second-order valence-corrected chi connectivity index (χ2v) is 2.17. The average Bonchev–Trinajstić information content (AvgIpc) is 2.32. The van der Waals surface area contributed by atoms with Crippen LogP contribution in [0.3, 0.4) is 0 Å². The molecule has 0 amide bonds. The first-order chi connectivity index (χ1) is 5.57. The van der Waals surface area contributed by atoms with E-state index < -0.39 is 35.9 Å². The van der Waals surface area contributed by atoms with E-state index in [4.69, 9.17) is 25.5 Å². The van der Waals surface area contributed by atoms with E-state index in [0.717, 1.165) is 0 Å². The van der Waals surface area contributed by atoms with Crippen molar-refractivity contribution in [2.75, 3.05) is 6.61 Å². The van der Waals surface area contributed by atoms with E-state index in [-0.39, 0.29) is 0 Å². The van der Waals surface area contributed by atoms with Gasteiger partial charge in [0.15, 0.2) is 5.76 Å². The van der Waals surface area contributed by atoms with Crippen LogP contribution in [0.4, 0.5) is 0 Å². The van der Waals surface area contributed by atoms with Gasteiger partial charge in [0, 0.05) is 0 Å². The third-order valence-corrected chi connectivity index (χ3v) is 1.34. The van der Waals surface area contributed by atoms with Crippen molar-refractivity contribution in [1.29, 1.82) is 0 Å². The fraction of sp³-hybridized carbons (Fsp3) is 0.333. The van der Waals surface area contributed by atoms with Crippen LogP contribution in [0.5, 0.6) is 17.4 Å². The third-order valence-electron chi connectivity index (χ3n) is 1.34. The predicted molar refractivity (Wildman–Crippen MR) is 35.7 cm³/mol. The van der Waals surface area contributed by atoms with Crippen LogP contribution in [-0.2, 0) is 0 Å². The predicted octanol–water partition coefficient (Wildman–Crippen LogP) is -0.578. The standard InChI is InChI=1S/C6H8O6/c7-1-2(8)5-3(9)4(10)6(11)12-5/h2,7-11H,1H2/t2-/m1/s1. The van der Waals surface area contributed by atoms with Crippen molar-refractivity contribution in [3.05, 3.63) is 5.76 Å². The van der Waals surface area contributed by atoms with Crippen molar-refractivity contribution < 1.29 is 29.9 Å². The normalized spacial score (nSPS) is 13.2. The van der Waals surface area contributed by atoms with E-state index in [1.165, 1.54) is 0 Å². The van der Waals surface area contributed by atoms with E-state index in [1.54, 1.807) is 0 Å². The quantitative estimate of drug-likeness (QED) is 0.412. The van der Waals surface area contributed by atoms with Crippen molar-refractivity contribution in [1.82, 2.24) is 0 Å². The monoisotopic (exact) mass is 176 g/mol. The lowest BCUT2D eigenvalue weighted by Gasteiger charge is -2.01. The summed E-state index contributed by atoms with van der Waals surface area (Å²) in [6.45, 7) is -0.681. The Bertz CT molecular complexity index is 278. The number of furan rings is 1. The number of hydrogen-bond acceptors (Lipinski definition) is 6. The summed E-state index contributed by atoms with van der Waals surface area (Å²) in [6.07, 6.45) is -1.46. The van der Waals surface area contributed by atoms with Gasteiger partial charge in [0.25, 0.3) is 0 Å². The molecule has 0 aromatic carbocycles. The average molecular weight is 176 g/mol. The largest absolute Gasteiger partial charge is 0.502 e. The number of hydrogen-bond donors (Lipinski definition) is 5. The number of aromatic hydroxyl groups is 3. The second kappa shape index (κ2) is 2.92. The highest BCUT2D eigenvalue weighted by atomic mass is 16.5. The van der Waals surface area contributed by atoms with Gasteiger partial charge in [-0.15, -0.1) is 0 Å². The topological polar surface area (TPSA) is 114 Å². The summed E-state index contributed by atoms with van der Waals surface area (Å²) < 4.78 is 4.34. The molecule has 68 valence electrons. The minimum atomic E-state index is -1.46. The van der Waals surface area contributed by atoms with Crippen molar-refractivity contribution >= 4 is 0 Å². The molecule has 1 atom stereocenters. The zero-order chi connectivity index (χ0) is 9.30. The van der Waals surface area contributed by atoms with Crippen molar-refractivity contribution in [3.8, 4) is 17.4 Å². The first-order valence-corrected chi connectivity index (χ1v) is 3.10. The molecular weight excluding hydrogens is 168 g/mol. The molecule has 0 saturated heterocycles. The molecule has 12 heavy (non-hydrogen) atoms. The Balaban J connectivity index is 3.08. The van der Waals surface area contributed by atoms with Gasteiger partial charge in [0.05, 0.1) is 6.61 Å². The summed E-state index contributed by atoms with van der Waals surface area (Å²) in [4.78, 5) is 0. The van der Waals surface area contributed by atoms with Gasteiger partial charge in [-0.05, 0) is 0 Å². The highest BCUT2D eigenvalue weighted by Gasteiger charge is 2.23. The van der Waals surface area contributed by atoms with Gasteiger partial charge in [-0.2, -0.15) is 0 Å². The van der Waals surface area contributed by atoms with Crippen LogP contribution < -0.4 is 0 Å². The summed E-state index contributed by atoms with van der Waals surface area (Å²) in [5.74, 6) is -2.98. The smallest absolute Gasteiger partial charge is 0.330 e. The van der Waals surface area contributed by atoms with Crippen LogP contribution in [0.2, 0.25) is 0 Å². The summed E-state index contributed by atoms with van der Waals surface area (Å²) in [6, 6.07) is 0. The summed E-state index contributed by atoms with van der Waals surface area (Å²) in [5.41, 5.74) is 0. The van der Waals surface area contributed by atoms with Crippen LogP contribution in [0, 0.1) is 0 Å². The van der Waals surface area contributed by atoms with Crippen molar-refractivity contribution in [2.24, 2.45) is 0 Å². The second-order valence-electron chi connectivity index (χ2n) is 2.17. The van der Waals surface area contributed by atoms with Gasteiger partial charge < -0.3 is 29.9 Å². The minimum Gasteiger partial charge on any atom is -0.502 e. The van der Waals surface area contributed by atoms with E-state index in [2.05, 4.69) is 4.42 Å². The molecule has 1 aromatic heterocycles. The molecule has 0 aliphatic carbocycles. The molecule has 0 bridgehead atoms. The molecule has 6 nitrogen and oxygen atoms in total. The summed E-state index contributed by atoms with van der Waals surface area (Å²) in [5, 5.41) is 43.8.